The molecular formula is C40H25NOSe. The quantitative estimate of drug-likeness (QED) is 0.183. The number of furan rings is 1. The van der Waals surface area contributed by atoms with E-state index in [4.69, 9.17) is 4.42 Å². The fourth-order valence-electron chi connectivity index (χ4n) is 6.37. The van der Waals surface area contributed by atoms with Crippen LogP contribution in [0, 0.1) is 0 Å². The van der Waals surface area contributed by atoms with E-state index in [1.807, 2.05) is 12.1 Å². The van der Waals surface area contributed by atoms with Gasteiger partial charge in [-0.15, -0.1) is 0 Å². The summed E-state index contributed by atoms with van der Waals surface area (Å²) in [6.45, 7) is 0. The van der Waals surface area contributed by atoms with Gasteiger partial charge in [-0.2, -0.15) is 0 Å². The zero-order valence-corrected chi connectivity index (χ0v) is 24.9. The molecule has 7 aromatic carbocycles. The first-order chi connectivity index (χ1) is 21.3. The smallest absolute Gasteiger partial charge is 0.0617 e. The van der Waals surface area contributed by atoms with Crippen molar-refractivity contribution in [2.45, 2.75) is 0 Å². The van der Waals surface area contributed by atoms with Gasteiger partial charge in [-0.25, -0.2) is 0 Å². The summed E-state index contributed by atoms with van der Waals surface area (Å²) in [7, 11) is 0. The molecular weight excluding hydrogens is 589 g/mol. The zero-order valence-electron chi connectivity index (χ0n) is 23.2. The molecule has 43 heavy (non-hydrogen) atoms. The first-order valence-corrected chi connectivity index (χ1v) is 16.2. The summed E-state index contributed by atoms with van der Waals surface area (Å²) in [6, 6.07) is 54.7. The van der Waals surface area contributed by atoms with Crippen LogP contribution in [0.5, 0.6) is 0 Å². The van der Waals surface area contributed by atoms with Crippen molar-refractivity contribution in [1.29, 1.82) is 0 Å². The van der Waals surface area contributed by atoms with Gasteiger partial charge in [0.2, 0.25) is 0 Å². The topological polar surface area (TPSA) is 16.4 Å². The third-order valence-electron chi connectivity index (χ3n) is 8.45. The second kappa shape index (κ2) is 9.74. The molecule has 2 aromatic heterocycles. The molecule has 3 heteroatoms. The monoisotopic (exact) mass is 615 g/mol. The number of rotatable bonds is 4. The van der Waals surface area contributed by atoms with E-state index in [1.54, 1.807) is 0 Å². The maximum atomic E-state index is 6.17. The van der Waals surface area contributed by atoms with Crippen molar-refractivity contribution < 1.29 is 4.42 Å². The minimum atomic E-state index is 0.313. The third-order valence-corrected chi connectivity index (χ3v) is 11.0. The van der Waals surface area contributed by atoms with E-state index in [2.05, 4.69) is 144 Å². The second-order valence-electron chi connectivity index (χ2n) is 11.0. The molecule has 0 saturated carbocycles. The Kier molecular flexibility index (Phi) is 5.55. The van der Waals surface area contributed by atoms with Gasteiger partial charge in [0.25, 0.3) is 0 Å². The van der Waals surface area contributed by atoms with Crippen molar-refractivity contribution in [3.63, 3.8) is 0 Å². The molecule has 0 aliphatic heterocycles. The van der Waals surface area contributed by atoms with Gasteiger partial charge in [-0.3, -0.25) is 0 Å². The Morgan fingerprint density at radius 3 is 1.95 bits per heavy atom. The van der Waals surface area contributed by atoms with Crippen LogP contribution in [0.1, 0.15) is 0 Å². The Hall–Kier alpha value is -5.08. The van der Waals surface area contributed by atoms with Gasteiger partial charge in [-0.05, 0) is 0 Å². The van der Waals surface area contributed by atoms with Crippen LogP contribution in [-0.2, 0) is 0 Å². The van der Waals surface area contributed by atoms with Crippen molar-refractivity contribution in [3.8, 4) is 11.1 Å². The SMILES string of the molecule is c1ccc(-c2ccc(N(c3ccc4c(ccc5c6ccccc6[se]c45)c3)c3ccc4oc5ccccc5c4c3)cc2)cc1. The van der Waals surface area contributed by atoms with Crippen LogP contribution in [0.15, 0.2) is 156 Å². The molecule has 9 rings (SSSR count). The molecule has 0 atom stereocenters. The van der Waals surface area contributed by atoms with E-state index in [9.17, 15) is 0 Å². The number of hydrogen-bond donors (Lipinski definition) is 0. The summed E-state index contributed by atoms with van der Waals surface area (Å²) in [6.07, 6.45) is 0. The Morgan fingerprint density at radius 1 is 0.419 bits per heavy atom. The minimum absolute atomic E-state index is 0.313. The van der Waals surface area contributed by atoms with Crippen LogP contribution >= 0.6 is 0 Å². The number of anilines is 3. The van der Waals surface area contributed by atoms with Gasteiger partial charge in [0.15, 0.2) is 0 Å². The Balaban J connectivity index is 1.23. The number of benzene rings is 7. The maximum absolute atomic E-state index is 6.17. The summed E-state index contributed by atoms with van der Waals surface area (Å²) in [5.74, 6) is 0. The van der Waals surface area contributed by atoms with Crippen molar-refractivity contribution in [3.05, 3.63) is 152 Å². The molecule has 0 aliphatic rings. The van der Waals surface area contributed by atoms with Crippen LogP contribution in [0.25, 0.3) is 63.1 Å². The first kappa shape index (κ1) is 24.5. The summed E-state index contributed by atoms with van der Waals surface area (Å²) in [5, 5.41) is 7.67. The normalized spacial score (nSPS) is 11.7. The van der Waals surface area contributed by atoms with Crippen LogP contribution in [-0.4, -0.2) is 14.5 Å². The molecule has 0 bridgehead atoms. The van der Waals surface area contributed by atoms with Gasteiger partial charge in [0.1, 0.15) is 0 Å². The average molecular weight is 615 g/mol. The van der Waals surface area contributed by atoms with Gasteiger partial charge in [0, 0.05) is 0 Å². The molecule has 0 fully saturated rings. The van der Waals surface area contributed by atoms with Gasteiger partial charge in [-0.1, -0.05) is 24.3 Å². The standard InChI is InChI=1S/C40H25NOSe/c1-2-8-26(9-3-1)27-14-17-29(18-15-27)41(31-20-23-38-36(25-31)33-10-4-6-12-37(33)42-38)30-19-22-32-28(24-30)16-21-35-34-11-5-7-13-39(34)43-40(32)35/h1-25H. The Morgan fingerprint density at radius 2 is 1.07 bits per heavy atom. The van der Waals surface area contributed by atoms with Crippen molar-refractivity contribution in [2.24, 2.45) is 0 Å². The summed E-state index contributed by atoms with van der Waals surface area (Å²) >= 11 is 0.313. The summed E-state index contributed by atoms with van der Waals surface area (Å²) < 4.78 is 9.14. The first-order valence-electron chi connectivity index (χ1n) is 14.5. The molecule has 2 heterocycles. The Labute approximate surface area is 254 Å². The van der Waals surface area contributed by atoms with Crippen molar-refractivity contribution in [2.75, 3.05) is 4.90 Å². The summed E-state index contributed by atoms with van der Waals surface area (Å²) in [5.41, 5.74) is 7.59. The van der Waals surface area contributed by atoms with E-state index >= 15 is 0 Å². The van der Waals surface area contributed by atoms with Gasteiger partial charge >= 0.3 is 231 Å². The van der Waals surface area contributed by atoms with E-state index in [0.29, 0.717) is 14.5 Å². The fraction of sp³-hybridized carbons (Fsp3) is 0. The molecule has 0 amide bonds. The number of nitrogens with zero attached hydrogens (tertiary/aromatic N) is 1. The Bertz CT molecular complexity index is 2450. The van der Waals surface area contributed by atoms with E-state index in [1.165, 1.54) is 41.2 Å². The predicted octanol–water partition coefficient (Wildman–Crippen LogP) is 11.2. The van der Waals surface area contributed by atoms with E-state index in [0.717, 1.165) is 39.0 Å². The number of hydrogen-bond acceptors (Lipinski definition) is 2. The molecule has 0 radical (unpaired) electrons. The molecule has 0 saturated heterocycles. The predicted molar refractivity (Wildman–Crippen MR) is 183 cm³/mol. The second-order valence-corrected chi connectivity index (χ2v) is 13.2. The molecule has 202 valence electrons. The molecule has 2 nitrogen and oxygen atoms in total. The van der Waals surface area contributed by atoms with Crippen LogP contribution in [0.4, 0.5) is 17.1 Å². The van der Waals surface area contributed by atoms with Crippen LogP contribution in [0.3, 0.4) is 0 Å². The van der Waals surface area contributed by atoms with Crippen molar-refractivity contribution in [1.82, 2.24) is 0 Å². The van der Waals surface area contributed by atoms with E-state index in [-0.39, 0.29) is 0 Å². The average Bonchev–Trinajstić information content (AvgIpc) is 3.64. The minimum Gasteiger partial charge on any atom is -0.0617 e. The van der Waals surface area contributed by atoms with E-state index < -0.39 is 0 Å². The fourth-order valence-corrected chi connectivity index (χ4v) is 8.97. The molecule has 0 N–H and O–H groups in total. The van der Waals surface area contributed by atoms with Crippen LogP contribution < -0.4 is 4.90 Å². The molecule has 0 spiro atoms. The van der Waals surface area contributed by atoms with Crippen LogP contribution in [0.2, 0.25) is 0 Å². The van der Waals surface area contributed by atoms with Gasteiger partial charge in [0.05, 0.1) is 0 Å². The number of para-hydroxylation sites is 1. The van der Waals surface area contributed by atoms with Crippen molar-refractivity contribution >= 4 is 83.6 Å². The van der Waals surface area contributed by atoms with Gasteiger partial charge < -0.3 is 0 Å². The zero-order chi connectivity index (χ0) is 28.3. The molecule has 0 unspecified atom stereocenters. The third kappa shape index (κ3) is 4.01. The molecule has 0 aliphatic carbocycles. The molecule has 9 aromatic rings. The number of fused-ring (bicyclic) bond motifs is 8. The summed E-state index contributed by atoms with van der Waals surface area (Å²) in [4.78, 5) is 2.36.